The van der Waals surface area contributed by atoms with E-state index in [1.807, 2.05) is 18.2 Å². The van der Waals surface area contributed by atoms with Crippen LogP contribution in [0.15, 0.2) is 201 Å². The molecule has 0 bridgehead atoms. The summed E-state index contributed by atoms with van der Waals surface area (Å²) in [6, 6.07) is 62.7. The molecule has 53 heavy (non-hydrogen) atoms. The maximum absolute atomic E-state index is 4.15. The lowest BCUT2D eigenvalue weighted by Gasteiger charge is -2.43. The molecule has 0 amide bonds. The number of nitrogens with zero attached hydrogens (tertiary/aromatic N) is 1. The summed E-state index contributed by atoms with van der Waals surface area (Å²) < 4.78 is 0. The molecule has 7 aromatic carbocycles. The molecule has 0 unspecified atom stereocenters. The number of fused-ring (bicyclic) bond motifs is 5. The molecule has 1 heterocycles. The highest BCUT2D eigenvalue weighted by Gasteiger charge is 2.48. The van der Waals surface area contributed by atoms with E-state index in [-0.39, 0.29) is 5.41 Å². The van der Waals surface area contributed by atoms with Crippen LogP contribution in [-0.2, 0) is 10.8 Å². The standard InChI is InChI=1S/C52H41N/c1-5-19-36(6-2)38-30-32-47-45(34-38)51(3,4)46-35-39(37-20-10-7-11-21-37)31-33-48(46)53(47)49-29-18-28-44-50(49)42-26-16-17-27-43(42)52(44,40-22-12-8-13-23-40)41-24-14-9-15-25-41/h5-35H,1-2H2,3-4H3/b36-19+. The maximum Gasteiger partial charge on any atom is 0.0714 e. The van der Waals surface area contributed by atoms with Crippen molar-refractivity contribution >= 4 is 22.6 Å². The first-order valence-corrected chi connectivity index (χ1v) is 18.4. The fourth-order valence-electron chi connectivity index (χ4n) is 9.06. The smallest absolute Gasteiger partial charge is 0.0714 e. The Bertz CT molecular complexity index is 2520. The molecule has 2 aliphatic rings. The van der Waals surface area contributed by atoms with Crippen molar-refractivity contribution in [1.29, 1.82) is 0 Å². The van der Waals surface area contributed by atoms with Crippen LogP contribution in [0.25, 0.3) is 27.8 Å². The van der Waals surface area contributed by atoms with Crippen molar-refractivity contribution in [2.75, 3.05) is 4.90 Å². The summed E-state index contributed by atoms with van der Waals surface area (Å²) in [6.07, 6.45) is 5.80. The lowest BCUT2D eigenvalue weighted by Crippen LogP contribution is -2.31. The molecule has 0 saturated carbocycles. The molecule has 0 N–H and O–H groups in total. The van der Waals surface area contributed by atoms with Crippen molar-refractivity contribution < 1.29 is 0 Å². The van der Waals surface area contributed by atoms with Gasteiger partial charge in [0.05, 0.1) is 22.5 Å². The van der Waals surface area contributed by atoms with Crippen LogP contribution in [0.2, 0.25) is 0 Å². The third-order valence-corrected chi connectivity index (χ3v) is 11.5. The summed E-state index contributed by atoms with van der Waals surface area (Å²) >= 11 is 0. The quantitative estimate of drug-likeness (QED) is 0.152. The average molecular weight is 680 g/mol. The molecule has 0 radical (unpaired) electrons. The summed E-state index contributed by atoms with van der Waals surface area (Å²) in [5.74, 6) is 0. The number of rotatable bonds is 7. The summed E-state index contributed by atoms with van der Waals surface area (Å²) in [4.78, 5) is 2.53. The van der Waals surface area contributed by atoms with Crippen molar-refractivity contribution in [2.24, 2.45) is 0 Å². The van der Waals surface area contributed by atoms with Crippen molar-refractivity contribution in [1.82, 2.24) is 0 Å². The van der Waals surface area contributed by atoms with Crippen LogP contribution in [0, 0.1) is 0 Å². The second-order valence-electron chi connectivity index (χ2n) is 14.6. The van der Waals surface area contributed by atoms with Gasteiger partial charge in [0.25, 0.3) is 0 Å². The minimum Gasteiger partial charge on any atom is -0.309 e. The largest absolute Gasteiger partial charge is 0.309 e. The summed E-state index contributed by atoms with van der Waals surface area (Å²) in [5.41, 5.74) is 17.6. The third kappa shape index (κ3) is 4.85. The molecule has 1 aliphatic carbocycles. The Kier molecular flexibility index (Phi) is 7.75. The van der Waals surface area contributed by atoms with Gasteiger partial charge in [0.1, 0.15) is 0 Å². The van der Waals surface area contributed by atoms with Gasteiger partial charge in [0, 0.05) is 11.0 Å². The minimum absolute atomic E-state index is 0.296. The number of hydrogen-bond donors (Lipinski definition) is 0. The van der Waals surface area contributed by atoms with E-state index in [0.717, 1.165) is 11.1 Å². The summed E-state index contributed by atoms with van der Waals surface area (Å²) in [7, 11) is 0. The maximum atomic E-state index is 4.15. The van der Waals surface area contributed by atoms with E-state index in [1.54, 1.807) is 0 Å². The summed E-state index contributed by atoms with van der Waals surface area (Å²) in [5, 5.41) is 0. The first kappa shape index (κ1) is 32.5. The van der Waals surface area contributed by atoms with Gasteiger partial charge in [-0.1, -0.05) is 185 Å². The van der Waals surface area contributed by atoms with Crippen LogP contribution in [0.1, 0.15) is 52.8 Å². The van der Waals surface area contributed by atoms with Crippen LogP contribution >= 0.6 is 0 Å². The van der Waals surface area contributed by atoms with Crippen molar-refractivity contribution in [3.63, 3.8) is 0 Å². The van der Waals surface area contributed by atoms with Gasteiger partial charge < -0.3 is 4.90 Å². The van der Waals surface area contributed by atoms with Crippen LogP contribution in [0.3, 0.4) is 0 Å². The van der Waals surface area contributed by atoms with Gasteiger partial charge in [-0.3, -0.25) is 0 Å². The zero-order valence-corrected chi connectivity index (χ0v) is 30.3. The predicted octanol–water partition coefficient (Wildman–Crippen LogP) is 13.6. The van der Waals surface area contributed by atoms with Gasteiger partial charge in [-0.25, -0.2) is 0 Å². The van der Waals surface area contributed by atoms with Crippen molar-refractivity contribution in [3.05, 3.63) is 240 Å². The van der Waals surface area contributed by atoms with Crippen LogP contribution < -0.4 is 4.90 Å². The van der Waals surface area contributed by atoms with E-state index >= 15 is 0 Å². The highest BCUT2D eigenvalue weighted by atomic mass is 15.2. The Morgan fingerprint density at radius 3 is 1.75 bits per heavy atom. The van der Waals surface area contributed by atoms with Gasteiger partial charge in [0.15, 0.2) is 0 Å². The topological polar surface area (TPSA) is 3.24 Å². The monoisotopic (exact) mass is 679 g/mol. The van der Waals surface area contributed by atoms with E-state index in [4.69, 9.17) is 0 Å². The highest BCUT2D eigenvalue weighted by Crippen LogP contribution is 2.61. The molecule has 1 heteroatoms. The molecule has 0 atom stereocenters. The zero-order chi connectivity index (χ0) is 36.2. The SMILES string of the molecule is C=C/C=C(\C=C)c1ccc2c(c1)C(C)(C)c1cc(-c3ccccc3)ccc1N2c1cccc2c1-c1ccccc1C2(c1ccccc1)c1ccccc1. The molecule has 0 saturated heterocycles. The molecule has 0 aromatic heterocycles. The van der Waals surface area contributed by atoms with Gasteiger partial charge >= 0.3 is 0 Å². The van der Waals surface area contributed by atoms with E-state index in [2.05, 4.69) is 202 Å². The van der Waals surface area contributed by atoms with Crippen LogP contribution in [-0.4, -0.2) is 0 Å². The van der Waals surface area contributed by atoms with Gasteiger partial charge in [-0.2, -0.15) is 0 Å². The Labute approximate surface area is 313 Å². The second kappa shape index (κ2) is 12.7. The first-order valence-electron chi connectivity index (χ1n) is 18.4. The van der Waals surface area contributed by atoms with Crippen molar-refractivity contribution in [3.8, 4) is 22.3 Å². The third-order valence-electron chi connectivity index (χ3n) is 11.5. The van der Waals surface area contributed by atoms with Crippen LogP contribution in [0.4, 0.5) is 17.1 Å². The Hall–Kier alpha value is -6.44. The molecule has 0 fully saturated rings. The van der Waals surface area contributed by atoms with E-state index in [1.165, 1.54) is 72.7 Å². The molecule has 0 spiro atoms. The molecular formula is C52H41N. The molecule has 254 valence electrons. The van der Waals surface area contributed by atoms with E-state index < -0.39 is 5.41 Å². The predicted molar refractivity (Wildman–Crippen MR) is 224 cm³/mol. The fraction of sp³-hybridized carbons (Fsp3) is 0.0769. The van der Waals surface area contributed by atoms with E-state index in [0.29, 0.717) is 0 Å². The molecule has 1 aliphatic heterocycles. The molecule has 7 aromatic rings. The highest BCUT2D eigenvalue weighted by molar-refractivity contribution is 6.00. The van der Waals surface area contributed by atoms with Gasteiger partial charge in [0.2, 0.25) is 0 Å². The fourth-order valence-corrected chi connectivity index (χ4v) is 9.06. The molecule has 1 nitrogen and oxygen atoms in total. The number of anilines is 3. The van der Waals surface area contributed by atoms with Crippen molar-refractivity contribution in [2.45, 2.75) is 24.7 Å². The lowest BCUT2D eigenvalue weighted by molar-refractivity contribution is 0.632. The summed E-state index contributed by atoms with van der Waals surface area (Å²) in [6.45, 7) is 12.9. The Morgan fingerprint density at radius 1 is 0.509 bits per heavy atom. The number of allylic oxidation sites excluding steroid dienone is 4. The normalized spacial score (nSPS) is 14.8. The minimum atomic E-state index is -0.486. The van der Waals surface area contributed by atoms with Gasteiger partial charge in [-0.05, 0) is 91.5 Å². The molecular weight excluding hydrogens is 639 g/mol. The zero-order valence-electron chi connectivity index (χ0n) is 30.3. The Morgan fingerprint density at radius 2 is 1.09 bits per heavy atom. The lowest BCUT2D eigenvalue weighted by atomic mass is 9.67. The van der Waals surface area contributed by atoms with E-state index in [9.17, 15) is 0 Å². The first-order chi connectivity index (χ1) is 26.0. The second-order valence-corrected chi connectivity index (χ2v) is 14.6. The van der Waals surface area contributed by atoms with Gasteiger partial charge in [-0.15, -0.1) is 0 Å². The Balaban J connectivity index is 1.37. The molecule has 9 rings (SSSR count). The average Bonchev–Trinajstić information content (AvgIpc) is 3.52. The number of benzene rings is 7. The van der Waals surface area contributed by atoms with Crippen LogP contribution in [0.5, 0.6) is 0 Å². The number of hydrogen-bond acceptors (Lipinski definition) is 1.